The van der Waals surface area contributed by atoms with Crippen LogP contribution in [0.1, 0.15) is 23.2 Å². The van der Waals surface area contributed by atoms with Crippen molar-refractivity contribution in [3.05, 3.63) is 16.3 Å². The molecular weight excluding hydrogens is 266 g/mol. The van der Waals surface area contributed by atoms with Crippen molar-refractivity contribution in [1.29, 1.82) is 0 Å². The molecule has 2 aromatic heterocycles. The first-order valence-electron chi connectivity index (χ1n) is 5.60. The van der Waals surface area contributed by atoms with E-state index in [-0.39, 0.29) is 11.2 Å². The molecule has 0 aromatic carbocycles. The molecule has 0 radical (unpaired) electrons. The number of aromatic nitrogens is 2. The fourth-order valence-electron chi connectivity index (χ4n) is 1.63. The number of fused-ring (bicyclic) bond motifs is 1. The standard InChI is InChI=1S/C12H15N3OS2/c1-5-6(2)17-11-9(5)12(15-8(4)14-11)18-7(3)10(13)16/h7H,1-4H3,(H2,13,16). The Morgan fingerprint density at radius 3 is 2.61 bits per heavy atom. The molecule has 0 saturated carbocycles. The molecule has 0 fully saturated rings. The second-order valence-electron chi connectivity index (χ2n) is 4.20. The van der Waals surface area contributed by atoms with Gasteiger partial charge in [0.2, 0.25) is 5.91 Å². The molecule has 0 aliphatic rings. The fourth-order valence-corrected chi connectivity index (χ4v) is 3.77. The summed E-state index contributed by atoms with van der Waals surface area (Å²) < 4.78 is 0. The van der Waals surface area contributed by atoms with Crippen LogP contribution >= 0.6 is 23.1 Å². The van der Waals surface area contributed by atoms with Crippen LogP contribution in [0.25, 0.3) is 10.2 Å². The molecule has 0 aliphatic carbocycles. The van der Waals surface area contributed by atoms with E-state index in [9.17, 15) is 4.79 Å². The minimum atomic E-state index is -0.325. The summed E-state index contributed by atoms with van der Waals surface area (Å²) in [4.78, 5) is 22.3. The lowest BCUT2D eigenvalue weighted by atomic mass is 10.2. The molecule has 1 amide bonds. The first kappa shape index (κ1) is 13.3. The van der Waals surface area contributed by atoms with E-state index in [1.807, 2.05) is 6.92 Å². The molecule has 18 heavy (non-hydrogen) atoms. The van der Waals surface area contributed by atoms with Crippen molar-refractivity contribution in [2.24, 2.45) is 5.73 Å². The lowest BCUT2D eigenvalue weighted by molar-refractivity contribution is -0.117. The number of hydrogen-bond donors (Lipinski definition) is 1. The minimum Gasteiger partial charge on any atom is -0.369 e. The van der Waals surface area contributed by atoms with Crippen molar-refractivity contribution in [3.63, 3.8) is 0 Å². The fraction of sp³-hybridized carbons (Fsp3) is 0.417. The zero-order valence-electron chi connectivity index (χ0n) is 10.8. The number of nitrogens with zero attached hydrogens (tertiary/aromatic N) is 2. The average Bonchev–Trinajstić information content (AvgIpc) is 2.54. The summed E-state index contributed by atoms with van der Waals surface area (Å²) in [7, 11) is 0. The summed E-state index contributed by atoms with van der Waals surface area (Å²) in [5.74, 6) is 0.400. The van der Waals surface area contributed by atoms with Gasteiger partial charge < -0.3 is 5.73 Å². The molecule has 0 bridgehead atoms. The van der Waals surface area contributed by atoms with Crippen molar-refractivity contribution >= 4 is 39.2 Å². The third kappa shape index (κ3) is 2.35. The van der Waals surface area contributed by atoms with Crippen LogP contribution in [-0.2, 0) is 4.79 Å². The van der Waals surface area contributed by atoms with E-state index in [4.69, 9.17) is 5.73 Å². The molecule has 1 unspecified atom stereocenters. The third-order valence-corrected chi connectivity index (χ3v) is 5.00. The summed E-state index contributed by atoms with van der Waals surface area (Å²) >= 11 is 3.07. The number of rotatable bonds is 3. The highest BCUT2D eigenvalue weighted by Gasteiger charge is 2.18. The van der Waals surface area contributed by atoms with Gasteiger partial charge in [0.15, 0.2) is 0 Å². The number of amides is 1. The van der Waals surface area contributed by atoms with E-state index in [0.29, 0.717) is 0 Å². The molecular formula is C12H15N3OS2. The number of thiophene rings is 1. The van der Waals surface area contributed by atoms with Gasteiger partial charge in [0.25, 0.3) is 0 Å². The minimum absolute atomic E-state index is 0.290. The first-order chi connectivity index (χ1) is 8.40. The van der Waals surface area contributed by atoms with Crippen LogP contribution < -0.4 is 5.73 Å². The smallest absolute Gasteiger partial charge is 0.230 e. The zero-order valence-corrected chi connectivity index (χ0v) is 12.4. The first-order valence-corrected chi connectivity index (χ1v) is 7.30. The summed E-state index contributed by atoms with van der Waals surface area (Å²) in [5.41, 5.74) is 6.50. The van der Waals surface area contributed by atoms with Crippen LogP contribution in [0.15, 0.2) is 5.03 Å². The van der Waals surface area contributed by atoms with Gasteiger partial charge in [-0.25, -0.2) is 9.97 Å². The molecule has 2 heterocycles. The molecule has 1 atom stereocenters. The Balaban J connectivity index is 2.58. The average molecular weight is 281 g/mol. The van der Waals surface area contributed by atoms with Crippen LogP contribution in [0.4, 0.5) is 0 Å². The maximum Gasteiger partial charge on any atom is 0.230 e. The summed E-state index contributed by atoms with van der Waals surface area (Å²) in [5, 5.41) is 1.62. The Labute approximate surface area is 114 Å². The number of carbonyl (C=O) groups is 1. The highest BCUT2D eigenvalue weighted by Crippen LogP contribution is 2.36. The maximum absolute atomic E-state index is 11.2. The maximum atomic E-state index is 11.2. The summed E-state index contributed by atoms with van der Waals surface area (Å²) in [6.07, 6.45) is 0. The van der Waals surface area contributed by atoms with E-state index in [2.05, 4.69) is 23.8 Å². The van der Waals surface area contributed by atoms with Gasteiger partial charge in [0.1, 0.15) is 15.7 Å². The molecule has 2 rings (SSSR count). The Bertz CT molecular complexity index is 621. The van der Waals surface area contributed by atoms with Gasteiger partial charge in [-0.05, 0) is 33.3 Å². The molecule has 2 N–H and O–H groups in total. The van der Waals surface area contributed by atoms with Crippen LogP contribution in [0.3, 0.4) is 0 Å². The Kier molecular flexibility index (Phi) is 3.59. The normalized spacial score (nSPS) is 12.9. The molecule has 6 heteroatoms. The van der Waals surface area contributed by atoms with Gasteiger partial charge in [-0.15, -0.1) is 11.3 Å². The van der Waals surface area contributed by atoms with Crippen molar-refractivity contribution in [2.75, 3.05) is 0 Å². The topological polar surface area (TPSA) is 68.9 Å². The van der Waals surface area contributed by atoms with E-state index in [1.54, 1.807) is 18.3 Å². The van der Waals surface area contributed by atoms with Gasteiger partial charge >= 0.3 is 0 Å². The van der Waals surface area contributed by atoms with Gasteiger partial charge in [-0.2, -0.15) is 0 Å². The lowest BCUT2D eigenvalue weighted by Crippen LogP contribution is -2.22. The Morgan fingerprint density at radius 2 is 2.00 bits per heavy atom. The quantitative estimate of drug-likeness (QED) is 0.693. The van der Waals surface area contributed by atoms with E-state index < -0.39 is 0 Å². The molecule has 96 valence electrons. The molecule has 0 aliphatic heterocycles. The largest absolute Gasteiger partial charge is 0.369 e. The third-order valence-electron chi connectivity index (χ3n) is 2.80. The highest BCUT2D eigenvalue weighted by atomic mass is 32.2. The predicted octanol–water partition coefficient (Wildman–Crippen LogP) is 2.58. The molecule has 2 aromatic rings. The number of primary amides is 1. The van der Waals surface area contributed by atoms with E-state index >= 15 is 0 Å². The number of nitrogens with two attached hydrogens (primary N) is 1. The zero-order chi connectivity index (χ0) is 13.4. The lowest BCUT2D eigenvalue weighted by Gasteiger charge is -2.08. The van der Waals surface area contributed by atoms with Crippen molar-refractivity contribution in [1.82, 2.24) is 9.97 Å². The van der Waals surface area contributed by atoms with Crippen LogP contribution in [0, 0.1) is 20.8 Å². The van der Waals surface area contributed by atoms with Gasteiger partial charge in [-0.1, -0.05) is 11.8 Å². The Morgan fingerprint density at radius 1 is 1.33 bits per heavy atom. The number of aryl methyl sites for hydroxylation is 3. The molecule has 0 spiro atoms. The van der Waals surface area contributed by atoms with Crippen molar-refractivity contribution < 1.29 is 4.79 Å². The molecule has 4 nitrogen and oxygen atoms in total. The van der Waals surface area contributed by atoms with Crippen molar-refractivity contribution in [2.45, 2.75) is 38.0 Å². The summed E-state index contributed by atoms with van der Waals surface area (Å²) in [6, 6.07) is 0. The number of hydrogen-bond acceptors (Lipinski definition) is 5. The van der Waals surface area contributed by atoms with E-state index in [0.717, 1.165) is 21.1 Å². The second-order valence-corrected chi connectivity index (χ2v) is 6.73. The van der Waals surface area contributed by atoms with Crippen LogP contribution in [0.5, 0.6) is 0 Å². The second kappa shape index (κ2) is 4.85. The van der Waals surface area contributed by atoms with Gasteiger partial charge in [0.05, 0.1) is 5.25 Å². The highest BCUT2D eigenvalue weighted by molar-refractivity contribution is 8.00. The molecule has 0 saturated heterocycles. The SMILES string of the molecule is Cc1nc(SC(C)C(N)=O)c2c(C)c(C)sc2n1. The van der Waals surface area contributed by atoms with Gasteiger partial charge in [-0.3, -0.25) is 4.79 Å². The van der Waals surface area contributed by atoms with Crippen molar-refractivity contribution in [3.8, 4) is 0 Å². The monoisotopic (exact) mass is 281 g/mol. The number of thioether (sulfide) groups is 1. The predicted molar refractivity (Wildman–Crippen MR) is 76.1 cm³/mol. The van der Waals surface area contributed by atoms with Gasteiger partial charge in [0, 0.05) is 10.3 Å². The van der Waals surface area contributed by atoms with Crippen LogP contribution in [0.2, 0.25) is 0 Å². The summed E-state index contributed by atoms with van der Waals surface area (Å²) in [6.45, 7) is 7.79. The van der Waals surface area contributed by atoms with Crippen LogP contribution in [-0.4, -0.2) is 21.1 Å². The number of carbonyl (C=O) groups excluding carboxylic acids is 1. The van der Waals surface area contributed by atoms with E-state index in [1.165, 1.54) is 22.2 Å². The Hall–Kier alpha value is -1.14.